The Morgan fingerprint density at radius 3 is 2.46 bits per heavy atom. The molecular weight excluding hydrogens is 403 g/mol. The second kappa shape index (κ2) is 9.28. The molecule has 3 rings (SSSR count). The molecule has 1 saturated heterocycles. The average Bonchev–Trinajstić information content (AvgIpc) is 2.70. The van der Waals surface area contributed by atoms with E-state index in [0.29, 0.717) is 53.2 Å². The molecule has 0 unspecified atom stereocenters. The Morgan fingerprint density at radius 2 is 1.79 bits per heavy atom. The second-order valence-corrected chi connectivity index (χ2v) is 6.95. The summed E-state index contributed by atoms with van der Waals surface area (Å²) in [6.45, 7) is 4.59. The van der Waals surface area contributed by atoms with Gasteiger partial charge >= 0.3 is 5.97 Å². The molecular formula is C20H20Cl2N2O4. The highest BCUT2D eigenvalue weighted by Crippen LogP contribution is 2.30. The molecule has 0 radical (unpaired) electrons. The maximum absolute atomic E-state index is 12.7. The van der Waals surface area contributed by atoms with Gasteiger partial charge in [-0.15, -0.1) is 0 Å². The van der Waals surface area contributed by atoms with E-state index < -0.39 is 5.97 Å². The van der Waals surface area contributed by atoms with E-state index in [4.69, 9.17) is 32.7 Å². The van der Waals surface area contributed by atoms with E-state index in [1.54, 1.807) is 31.2 Å². The molecule has 1 amide bonds. The molecule has 8 heteroatoms. The standard InChI is InChI=1S/C20H20Cl2N2O4/c1-2-28-20(26)14-4-6-18(24-7-9-27-10-8-24)17(12-14)23-19(25)13-3-5-15(21)16(22)11-13/h3-6,11-12H,2,7-10H2,1H3,(H,23,25). The molecule has 0 aliphatic carbocycles. The van der Waals surface area contributed by atoms with Gasteiger partial charge in [0.15, 0.2) is 0 Å². The van der Waals surface area contributed by atoms with Gasteiger partial charge in [0.05, 0.1) is 46.8 Å². The van der Waals surface area contributed by atoms with E-state index in [9.17, 15) is 9.59 Å². The number of halogens is 2. The van der Waals surface area contributed by atoms with Crippen molar-refractivity contribution in [3.63, 3.8) is 0 Å². The van der Waals surface area contributed by atoms with Crippen LogP contribution in [0.2, 0.25) is 10.0 Å². The molecule has 1 aliphatic heterocycles. The van der Waals surface area contributed by atoms with Gasteiger partial charge < -0.3 is 19.7 Å². The van der Waals surface area contributed by atoms with Crippen LogP contribution in [0.5, 0.6) is 0 Å². The minimum Gasteiger partial charge on any atom is -0.462 e. The summed E-state index contributed by atoms with van der Waals surface area (Å²) < 4.78 is 10.5. The summed E-state index contributed by atoms with van der Waals surface area (Å²) >= 11 is 11.9. The van der Waals surface area contributed by atoms with Gasteiger partial charge in [-0.2, -0.15) is 0 Å². The van der Waals surface area contributed by atoms with Crippen LogP contribution in [0, 0.1) is 0 Å². The van der Waals surface area contributed by atoms with E-state index in [2.05, 4.69) is 10.2 Å². The topological polar surface area (TPSA) is 67.9 Å². The zero-order valence-electron chi connectivity index (χ0n) is 15.3. The number of nitrogens with zero attached hydrogens (tertiary/aromatic N) is 1. The number of amides is 1. The predicted molar refractivity (Wildman–Crippen MR) is 110 cm³/mol. The zero-order chi connectivity index (χ0) is 20.1. The van der Waals surface area contributed by atoms with Crippen molar-refractivity contribution >= 4 is 46.5 Å². The Hall–Kier alpha value is -2.28. The molecule has 2 aromatic rings. The molecule has 148 valence electrons. The maximum atomic E-state index is 12.7. The molecule has 0 atom stereocenters. The summed E-state index contributed by atoms with van der Waals surface area (Å²) in [6.07, 6.45) is 0. The fraction of sp³-hybridized carbons (Fsp3) is 0.300. The molecule has 6 nitrogen and oxygen atoms in total. The molecule has 1 heterocycles. The Balaban J connectivity index is 1.92. The van der Waals surface area contributed by atoms with Gasteiger partial charge in [-0.1, -0.05) is 23.2 Å². The van der Waals surface area contributed by atoms with Crippen LogP contribution < -0.4 is 10.2 Å². The first-order valence-corrected chi connectivity index (χ1v) is 9.65. The Kier molecular flexibility index (Phi) is 6.78. The van der Waals surface area contributed by atoms with Crippen LogP contribution in [-0.2, 0) is 9.47 Å². The van der Waals surface area contributed by atoms with Crippen molar-refractivity contribution in [3.8, 4) is 0 Å². The number of esters is 1. The van der Waals surface area contributed by atoms with Crippen molar-refractivity contribution in [1.29, 1.82) is 0 Å². The smallest absolute Gasteiger partial charge is 0.338 e. The Bertz CT molecular complexity index is 883. The lowest BCUT2D eigenvalue weighted by atomic mass is 10.1. The van der Waals surface area contributed by atoms with E-state index >= 15 is 0 Å². The van der Waals surface area contributed by atoms with Gasteiger partial charge in [0, 0.05) is 18.7 Å². The van der Waals surface area contributed by atoms with Gasteiger partial charge in [0.2, 0.25) is 0 Å². The fourth-order valence-electron chi connectivity index (χ4n) is 2.89. The first-order valence-electron chi connectivity index (χ1n) is 8.90. The fourth-order valence-corrected chi connectivity index (χ4v) is 3.19. The number of anilines is 2. The average molecular weight is 423 g/mol. The number of hydrogen-bond donors (Lipinski definition) is 1. The number of hydrogen-bond acceptors (Lipinski definition) is 5. The largest absolute Gasteiger partial charge is 0.462 e. The SMILES string of the molecule is CCOC(=O)c1ccc(N2CCOCC2)c(NC(=O)c2ccc(Cl)c(Cl)c2)c1. The molecule has 1 fully saturated rings. The first kappa shape index (κ1) is 20.5. The summed E-state index contributed by atoms with van der Waals surface area (Å²) in [7, 11) is 0. The van der Waals surface area contributed by atoms with Crippen molar-refractivity contribution < 1.29 is 19.1 Å². The highest BCUT2D eigenvalue weighted by atomic mass is 35.5. The van der Waals surface area contributed by atoms with Crippen molar-refractivity contribution in [3.05, 3.63) is 57.6 Å². The second-order valence-electron chi connectivity index (χ2n) is 6.13. The van der Waals surface area contributed by atoms with E-state index in [1.165, 1.54) is 6.07 Å². The quantitative estimate of drug-likeness (QED) is 0.728. The zero-order valence-corrected chi connectivity index (χ0v) is 16.8. The maximum Gasteiger partial charge on any atom is 0.338 e. The molecule has 0 saturated carbocycles. The summed E-state index contributed by atoms with van der Waals surface area (Å²) in [5.41, 5.74) is 2.06. The van der Waals surface area contributed by atoms with Crippen molar-refractivity contribution in [1.82, 2.24) is 0 Å². The number of morpholine rings is 1. The monoisotopic (exact) mass is 422 g/mol. The number of benzene rings is 2. The lowest BCUT2D eigenvalue weighted by Gasteiger charge is -2.30. The number of rotatable bonds is 5. The normalized spacial score (nSPS) is 13.9. The summed E-state index contributed by atoms with van der Waals surface area (Å²) in [5, 5.41) is 3.54. The number of carbonyl (C=O) groups excluding carboxylic acids is 2. The molecule has 0 spiro atoms. The summed E-state index contributed by atoms with van der Waals surface area (Å²) in [6, 6.07) is 9.78. The summed E-state index contributed by atoms with van der Waals surface area (Å²) in [5.74, 6) is -0.796. The van der Waals surface area contributed by atoms with Crippen LogP contribution in [-0.4, -0.2) is 44.8 Å². The van der Waals surface area contributed by atoms with E-state index in [-0.39, 0.29) is 12.5 Å². The molecule has 1 aliphatic rings. The lowest BCUT2D eigenvalue weighted by Crippen LogP contribution is -2.36. The van der Waals surface area contributed by atoms with Crippen LogP contribution in [0.3, 0.4) is 0 Å². The first-order chi connectivity index (χ1) is 13.5. The number of ether oxygens (including phenoxy) is 2. The van der Waals surface area contributed by atoms with E-state index in [1.807, 2.05) is 6.07 Å². The van der Waals surface area contributed by atoms with Gasteiger partial charge in [-0.3, -0.25) is 4.79 Å². The van der Waals surface area contributed by atoms with Crippen LogP contribution in [0.25, 0.3) is 0 Å². The van der Waals surface area contributed by atoms with Crippen molar-refractivity contribution in [2.24, 2.45) is 0 Å². The number of nitrogens with one attached hydrogen (secondary N) is 1. The molecule has 1 N–H and O–H groups in total. The van der Waals surface area contributed by atoms with E-state index in [0.717, 1.165) is 5.69 Å². The highest BCUT2D eigenvalue weighted by molar-refractivity contribution is 6.42. The molecule has 28 heavy (non-hydrogen) atoms. The van der Waals surface area contributed by atoms with Gasteiger partial charge in [0.1, 0.15) is 0 Å². The third-order valence-corrected chi connectivity index (χ3v) is 5.03. The minimum atomic E-state index is -0.443. The van der Waals surface area contributed by atoms with Crippen LogP contribution >= 0.6 is 23.2 Å². The highest BCUT2D eigenvalue weighted by Gasteiger charge is 2.19. The van der Waals surface area contributed by atoms with Gasteiger partial charge in [0.25, 0.3) is 5.91 Å². The van der Waals surface area contributed by atoms with Crippen LogP contribution in [0.4, 0.5) is 11.4 Å². The molecule has 0 bridgehead atoms. The van der Waals surface area contributed by atoms with Crippen molar-refractivity contribution in [2.75, 3.05) is 43.1 Å². The van der Waals surface area contributed by atoms with Gasteiger partial charge in [-0.05, 0) is 43.3 Å². The van der Waals surface area contributed by atoms with Crippen molar-refractivity contribution in [2.45, 2.75) is 6.92 Å². The lowest BCUT2D eigenvalue weighted by molar-refractivity contribution is 0.0526. The molecule has 0 aromatic heterocycles. The van der Waals surface area contributed by atoms with Gasteiger partial charge in [-0.25, -0.2) is 4.79 Å². The van der Waals surface area contributed by atoms with Crippen LogP contribution in [0.15, 0.2) is 36.4 Å². The Morgan fingerprint density at radius 1 is 1.07 bits per heavy atom. The van der Waals surface area contributed by atoms with Crippen LogP contribution in [0.1, 0.15) is 27.6 Å². The summed E-state index contributed by atoms with van der Waals surface area (Å²) in [4.78, 5) is 27.0. The minimum absolute atomic E-state index is 0.273. The number of carbonyl (C=O) groups is 2. The predicted octanol–water partition coefficient (Wildman–Crippen LogP) is 4.26. The molecule has 2 aromatic carbocycles. The Labute approximate surface area is 173 Å². The third kappa shape index (κ3) is 4.76. The third-order valence-electron chi connectivity index (χ3n) is 4.29.